The van der Waals surface area contributed by atoms with E-state index in [0.717, 1.165) is 5.56 Å². The first-order valence-electron chi connectivity index (χ1n) is 7.50. The lowest BCUT2D eigenvalue weighted by Gasteiger charge is -2.06. The Bertz CT molecular complexity index is 753. The zero-order valence-corrected chi connectivity index (χ0v) is 14.2. The second-order valence-corrected chi connectivity index (χ2v) is 5.56. The zero-order valence-electron chi connectivity index (χ0n) is 13.5. The lowest BCUT2D eigenvalue weighted by atomic mass is 10.1. The molecule has 0 heterocycles. The van der Waals surface area contributed by atoms with Crippen LogP contribution in [-0.4, -0.2) is 17.5 Å². The van der Waals surface area contributed by atoms with Crippen molar-refractivity contribution < 1.29 is 9.59 Å². The van der Waals surface area contributed by atoms with Crippen molar-refractivity contribution >= 4 is 34.8 Å². The number of hydrogen-bond donors (Lipinski definition) is 2. The second kappa shape index (κ2) is 8.26. The van der Waals surface area contributed by atoms with Gasteiger partial charge in [-0.05, 0) is 48.9 Å². The van der Waals surface area contributed by atoms with Gasteiger partial charge in [-0.1, -0.05) is 30.7 Å². The number of halogens is 1. The van der Waals surface area contributed by atoms with Crippen LogP contribution in [0.4, 0.5) is 5.69 Å². The minimum Gasteiger partial charge on any atom is -0.326 e. The predicted octanol–water partition coefficient (Wildman–Crippen LogP) is 3.84. The standard InChI is InChI=1S/C18H18ClN3O2/c1-3-17(23)20-16-10-6-14(7-11-16)18(24)22-21-12(2)13-4-8-15(19)9-5-13/h4-11H,3H2,1-2H3,(H,20,23)(H,22,24). The van der Waals surface area contributed by atoms with Crippen LogP contribution in [0.15, 0.2) is 53.6 Å². The molecular weight excluding hydrogens is 326 g/mol. The van der Waals surface area contributed by atoms with Gasteiger partial charge in [-0.2, -0.15) is 5.10 Å². The molecule has 2 amide bonds. The highest BCUT2D eigenvalue weighted by atomic mass is 35.5. The molecular formula is C18H18ClN3O2. The minimum absolute atomic E-state index is 0.0737. The number of benzene rings is 2. The fraction of sp³-hybridized carbons (Fsp3) is 0.167. The van der Waals surface area contributed by atoms with Crippen LogP contribution in [0.3, 0.4) is 0 Å². The largest absolute Gasteiger partial charge is 0.326 e. The molecule has 0 bridgehead atoms. The summed E-state index contributed by atoms with van der Waals surface area (Å²) in [5, 5.41) is 7.46. The van der Waals surface area contributed by atoms with Gasteiger partial charge < -0.3 is 5.32 Å². The Morgan fingerprint density at radius 2 is 1.58 bits per heavy atom. The fourth-order valence-electron chi connectivity index (χ4n) is 1.91. The summed E-state index contributed by atoms with van der Waals surface area (Å²) in [6.45, 7) is 3.57. The van der Waals surface area contributed by atoms with Crippen LogP contribution >= 0.6 is 11.6 Å². The molecule has 0 aliphatic heterocycles. The van der Waals surface area contributed by atoms with E-state index < -0.39 is 0 Å². The van der Waals surface area contributed by atoms with E-state index in [2.05, 4.69) is 15.8 Å². The highest BCUT2D eigenvalue weighted by Gasteiger charge is 2.06. The number of nitrogens with one attached hydrogen (secondary N) is 2. The first kappa shape index (κ1) is 17.7. The van der Waals surface area contributed by atoms with Crippen molar-refractivity contribution in [2.24, 2.45) is 5.10 Å². The minimum atomic E-state index is -0.323. The molecule has 0 atom stereocenters. The summed E-state index contributed by atoms with van der Waals surface area (Å²) in [5.74, 6) is -0.396. The summed E-state index contributed by atoms with van der Waals surface area (Å²) >= 11 is 5.84. The van der Waals surface area contributed by atoms with Crippen molar-refractivity contribution in [2.75, 3.05) is 5.32 Å². The van der Waals surface area contributed by atoms with E-state index in [0.29, 0.717) is 28.4 Å². The second-order valence-electron chi connectivity index (χ2n) is 5.12. The predicted molar refractivity (Wildman–Crippen MR) is 96.5 cm³/mol. The van der Waals surface area contributed by atoms with Gasteiger partial charge in [-0.3, -0.25) is 9.59 Å². The molecule has 0 aliphatic carbocycles. The molecule has 5 nitrogen and oxygen atoms in total. The van der Waals surface area contributed by atoms with E-state index in [9.17, 15) is 9.59 Å². The maximum atomic E-state index is 12.1. The molecule has 2 aromatic carbocycles. The Morgan fingerprint density at radius 3 is 2.17 bits per heavy atom. The van der Waals surface area contributed by atoms with E-state index in [1.54, 1.807) is 50.2 Å². The van der Waals surface area contributed by atoms with Gasteiger partial charge in [0.1, 0.15) is 0 Å². The van der Waals surface area contributed by atoms with Gasteiger partial charge in [-0.15, -0.1) is 0 Å². The van der Waals surface area contributed by atoms with E-state index in [1.165, 1.54) is 0 Å². The monoisotopic (exact) mass is 343 g/mol. The summed E-state index contributed by atoms with van der Waals surface area (Å²) in [6, 6.07) is 13.8. The fourth-order valence-corrected chi connectivity index (χ4v) is 2.04. The molecule has 0 saturated heterocycles. The number of anilines is 1. The Hall–Kier alpha value is -2.66. The third kappa shape index (κ3) is 4.93. The maximum absolute atomic E-state index is 12.1. The van der Waals surface area contributed by atoms with Gasteiger partial charge >= 0.3 is 0 Å². The van der Waals surface area contributed by atoms with Crippen molar-refractivity contribution in [2.45, 2.75) is 20.3 Å². The maximum Gasteiger partial charge on any atom is 0.271 e. The molecule has 2 rings (SSSR count). The molecule has 24 heavy (non-hydrogen) atoms. The van der Waals surface area contributed by atoms with Gasteiger partial charge in [0, 0.05) is 22.7 Å². The van der Waals surface area contributed by atoms with Crippen LogP contribution < -0.4 is 10.7 Å². The number of carbonyl (C=O) groups is 2. The number of hydrazone groups is 1. The summed E-state index contributed by atoms with van der Waals surface area (Å²) in [6.07, 6.45) is 0.404. The van der Waals surface area contributed by atoms with Crippen molar-refractivity contribution in [3.63, 3.8) is 0 Å². The molecule has 6 heteroatoms. The lowest BCUT2D eigenvalue weighted by molar-refractivity contribution is -0.115. The Balaban J connectivity index is 2.00. The van der Waals surface area contributed by atoms with E-state index >= 15 is 0 Å². The Kier molecular flexibility index (Phi) is 6.09. The first-order valence-corrected chi connectivity index (χ1v) is 7.88. The average molecular weight is 344 g/mol. The van der Waals surface area contributed by atoms with Crippen LogP contribution in [0.25, 0.3) is 0 Å². The third-order valence-electron chi connectivity index (χ3n) is 3.34. The van der Waals surface area contributed by atoms with Crippen molar-refractivity contribution in [1.29, 1.82) is 0 Å². The Morgan fingerprint density at radius 1 is 1.00 bits per heavy atom. The SMILES string of the molecule is CCC(=O)Nc1ccc(C(=O)NN=C(C)c2ccc(Cl)cc2)cc1. The van der Waals surface area contributed by atoms with E-state index in [-0.39, 0.29) is 11.8 Å². The highest BCUT2D eigenvalue weighted by molar-refractivity contribution is 6.30. The van der Waals surface area contributed by atoms with Gasteiger partial charge in [0.15, 0.2) is 0 Å². The van der Waals surface area contributed by atoms with E-state index in [1.807, 2.05) is 12.1 Å². The van der Waals surface area contributed by atoms with E-state index in [4.69, 9.17) is 11.6 Å². The van der Waals surface area contributed by atoms with Gasteiger partial charge in [0.2, 0.25) is 5.91 Å². The zero-order chi connectivity index (χ0) is 17.5. The normalized spacial score (nSPS) is 11.0. The topological polar surface area (TPSA) is 70.6 Å². The molecule has 0 aromatic heterocycles. The van der Waals surface area contributed by atoms with Crippen molar-refractivity contribution in [3.8, 4) is 0 Å². The lowest BCUT2D eigenvalue weighted by Crippen LogP contribution is -2.19. The van der Waals surface area contributed by atoms with Crippen LogP contribution in [0.1, 0.15) is 36.2 Å². The first-order chi connectivity index (χ1) is 11.5. The number of carbonyl (C=O) groups excluding carboxylic acids is 2. The molecule has 0 fully saturated rings. The Labute approximate surface area is 145 Å². The number of rotatable bonds is 5. The molecule has 0 unspecified atom stereocenters. The van der Waals surface area contributed by atoms with Crippen molar-refractivity contribution in [1.82, 2.24) is 5.43 Å². The van der Waals surface area contributed by atoms with Crippen molar-refractivity contribution in [3.05, 3.63) is 64.7 Å². The molecule has 0 saturated carbocycles. The molecule has 124 valence electrons. The molecule has 2 aromatic rings. The quantitative estimate of drug-likeness (QED) is 0.639. The molecule has 2 N–H and O–H groups in total. The van der Waals surface area contributed by atoms with Gasteiger partial charge in [-0.25, -0.2) is 5.43 Å². The summed E-state index contributed by atoms with van der Waals surface area (Å²) in [4.78, 5) is 23.4. The van der Waals surface area contributed by atoms with Crippen LogP contribution in [0.5, 0.6) is 0 Å². The number of amides is 2. The van der Waals surface area contributed by atoms with Crippen LogP contribution in [-0.2, 0) is 4.79 Å². The number of hydrogen-bond acceptors (Lipinski definition) is 3. The number of nitrogens with zero attached hydrogens (tertiary/aromatic N) is 1. The smallest absolute Gasteiger partial charge is 0.271 e. The van der Waals surface area contributed by atoms with Crippen LogP contribution in [0, 0.1) is 0 Å². The third-order valence-corrected chi connectivity index (χ3v) is 3.59. The molecule has 0 radical (unpaired) electrons. The summed E-state index contributed by atoms with van der Waals surface area (Å²) < 4.78 is 0. The summed E-state index contributed by atoms with van der Waals surface area (Å²) in [5.41, 5.74) is 5.17. The van der Waals surface area contributed by atoms with Gasteiger partial charge in [0.05, 0.1) is 5.71 Å². The summed E-state index contributed by atoms with van der Waals surface area (Å²) in [7, 11) is 0. The van der Waals surface area contributed by atoms with Crippen LogP contribution in [0.2, 0.25) is 5.02 Å². The highest BCUT2D eigenvalue weighted by Crippen LogP contribution is 2.11. The molecule has 0 aliphatic rings. The molecule has 0 spiro atoms. The van der Waals surface area contributed by atoms with Gasteiger partial charge in [0.25, 0.3) is 5.91 Å². The average Bonchev–Trinajstić information content (AvgIpc) is 2.60.